The Balaban J connectivity index is 1.53. The third kappa shape index (κ3) is 3.88. The van der Waals surface area contributed by atoms with Gasteiger partial charge in [0.05, 0.1) is 25.8 Å². The molecule has 0 saturated heterocycles. The lowest BCUT2D eigenvalue weighted by atomic mass is 10.2. The van der Waals surface area contributed by atoms with Gasteiger partial charge in [-0.1, -0.05) is 11.6 Å². The van der Waals surface area contributed by atoms with Gasteiger partial charge in [0, 0.05) is 11.6 Å². The van der Waals surface area contributed by atoms with Gasteiger partial charge in [0.1, 0.15) is 12.4 Å². The van der Waals surface area contributed by atoms with E-state index < -0.39 is 0 Å². The first-order chi connectivity index (χ1) is 12.6. The molecule has 7 nitrogen and oxygen atoms in total. The van der Waals surface area contributed by atoms with Crippen molar-refractivity contribution in [2.24, 2.45) is 0 Å². The Hall–Kier alpha value is -2.80. The summed E-state index contributed by atoms with van der Waals surface area (Å²) in [5, 5.41) is 3.06. The summed E-state index contributed by atoms with van der Waals surface area (Å²) in [5.74, 6) is 2.46. The Bertz CT molecular complexity index is 811. The van der Waals surface area contributed by atoms with Crippen molar-refractivity contribution >= 4 is 17.5 Å². The second-order valence-corrected chi connectivity index (χ2v) is 5.72. The van der Waals surface area contributed by atoms with Crippen molar-refractivity contribution in [3.05, 3.63) is 40.9 Å². The number of hydrogen-bond acceptors (Lipinski definition) is 6. The molecular weight excluding hydrogens is 362 g/mol. The highest BCUT2D eigenvalue weighted by Crippen LogP contribution is 2.36. The molecule has 1 N–H and O–H groups in total. The maximum absolute atomic E-state index is 12.3. The number of halogens is 1. The molecule has 0 atom stereocenters. The smallest absolute Gasteiger partial charge is 0.251 e. The van der Waals surface area contributed by atoms with Crippen LogP contribution in [0, 0.1) is 0 Å². The van der Waals surface area contributed by atoms with E-state index in [0.717, 1.165) is 0 Å². The van der Waals surface area contributed by atoms with Crippen LogP contribution >= 0.6 is 11.6 Å². The first-order valence-corrected chi connectivity index (χ1v) is 8.22. The van der Waals surface area contributed by atoms with Gasteiger partial charge in [-0.15, -0.1) is 0 Å². The molecular formula is C18H18ClNO6. The number of carbonyl (C=O) groups is 1. The van der Waals surface area contributed by atoms with Crippen LogP contribution in [0.4, 0.5) is 0 Å². The van der Waals surface area contributed by atoms with Gasteiger partial charge in [0.2, 0.25) is 6.79 Å². The third-order valence-corrected chi connectivity index (χ3v) is 3.98. The number of methoxy groups -OCH3 is 2. The van der Waals surface area contributed by atoms with Crippen molar-refractivity contribution in [2.45, 2.75) is 0 Å². The molecule has 0 saturated carbocycles. The van der Waals surface area contributed by atoms with E-state index in [-0.39, 0.29) is 12.7 Å². The minimum absolute atomic E-state index is 0.211. The number of hydrogen-bond donors (Lipinski definition) is 1. The third-order valence-electron chi connectivity index (χ3n) is 3.70. The summed E-state index contributed by atoms with van der Waals surface area (Å²) >= 11 is 6.11. The molecule has 138 valence electrons. The van der Waals surface area contributed by atoms with Crippen LogP contribution < -0.4 is 29.0 Å². The average Bonchev–Trinajstić information content (AvgIpc) is 3.12. The highest BCUT2D eigenvalue weighted by Gasteiger charge is 2.16. The summed E-state index contributed by atoms with van der Waals surface area (Å²) in [4.78, 5) is 12.3. The number of ether oxygens (including phenoxy) is 5. The van der Waals surface area contributed by atoms with Crippen LogP contribution in [0.15, 0.2) is 30.3 Å². The predicted molar refractivity (Wildman–Crippen MR) is 94.9 cm³/mol. The van der Waals surface area contributed by atoms with Gasteiger partial charge in [-0.05, 0) is 24.3 Å². The van der Waals surface area contributed by atoms with Crippen molar-refractivity contribution in [3.8, 4) is 28.7 Å². The molecule has 26 heavy (non-hydrogen) atoms. The molecule has 0 radical (unpaired) electrons. The summed E-state index contributed by atoms with van der Waals surface area (Å²) in [5.41, 5.74) is 0.371. The van der Waals surface area contributed by atoms with Crippen LogP contribution in [0.1, 0.15) is 10.4 Å². The van der Waals surface area contributed by atoms with E-state index in [4.69, 9.17) is 35.3 Å². The SMILES string of the molecule is COc1cc(C(=O)NCCOc2ccc3c(c2)OCO3)cc(Cl)c1OC. The van der Waals surface area contributed by atoms with Crippen molar-refractivity contribution in [3.63, 3.8) is 0 Å². The first-order valence-electron chi connectivity index (χ1n) is 7.84. The van der Waals surface area contributed by atoms with Crippen LogP contribution in [0.25, 0.3) is 0 Å². The highest BCUT2D eigenvalue weighted by atomic mass is 35.5. The first kappa shape index (κ1) is 18.0. The fourth-order valence-electron chi connectivity index (χ4n) is 2.45. The van der Waals surface area contributed by atoms with Crippen LogP contribution in [0.5, 0.6) is 28.7 Å². The molecule has 2 aromatic carbocycles. The second-order valence-electron chi connectivity index (χ2n) is 5.31. The minimum atomic E-state index is -0.290. The second kappa shape index (κ2) is 8.05. The van der Waals surface area contributed by atoms with Crippen molar-refractivity contribution in [1.29, 1.82) is 0 Å². The number of rotatable bonds is 7. The molecule has 1 aliphatic heterocycles. The van der Waals surface area contributed by atoms with Gasteiger partial charge in [0.15, 0.2) is 23.0 Å². The van der Waals surface area contributed by atoms with Crippen LogP contribution in [0.2, 0.25) is 5.02 Å². The van der Waals surface area contributed by atoms with Gasteiger partial charge in [-0.25, -0.2) is 0 Å². The molecule has 0 bridgehead atoms. The van der Waals surface area contributed by atoms with Crippen molar-refractivity contribution < 1.29 is 28.5 Å². The summed E-state index contributed by atoms with van der Waals surface area (Å²) in [6, 6.07) is 8.40. The fraction of sp³-hybridized carbons (Fsp3) is 0.278. The minimum Gasteiger partial charge on any atom is -0.493 e. The largest absolute Gasteiger partial charge is 0.493 e. The number of fused-ring (bicyclic) bond motifs is 1. The molecule has 0 aliphatic carbocycles. The van der Waals surface area contributed by atoms with Crippen molar-refractivity contribution in [2.75, 3.05) is 34.2 Å². The molecule has 3 rings (SSSR count). The Labute approximate surface area is 155 Å². The monoisotopic (exact) mass is 379 g/mol. The van der Waals surface area contributed by atoms with Gasteiger partial charge in [0.25, 0.3) is 5.91 Å². The van der Waals surface area contributed by atoms with E-state index in [0.29, 0.717) is 52.5 Å². The summed E-state index contributed by atoms with van der Waals surface area (Å²) < 4.78 is 26.5. The molecule has 0 fully saturated rings. The normalized spacial score (nSPS) is 11.8. The van der Waals surface area contributed by atoms with E-state index in [1.807, 2.05) is 0 Å². The van der Waals surface area contributed by atoms with E-state index in [2.05, 4.69) is 5.32 Å². The summed E-state index contributed by atoms with van der Waals surface area (Å²) in [6.45, 7) is 0.828. The Kier molecular flexibility index (Phi) is 5.58. The number of carbonyl (C=O) groups excluding carboxylic acids is 1. The molecule has 2 aromatic rings. The van der Waals surface area contributed by atoms with E-state index >= 15 is 0 Å². The highest BCUT2D eigenvalue weighted by molar-refractivity contribution is 6.32. The molecule has 0 aromatic heterocycles. The number of nitrogens with one attached hydrogen (secondary N) is 1. The molecule has 1 aliphatic rings. The topological polar surface area (TPSA) is 75.3 Å². The van der Waals surface area contributed by atoms with Gasteiger partial charge in [-0.2, -0.15) is 0 Å². The Morgan fingerprint density at radius 2 is 1.96 bits per heavy atom. The summed E-state index contributed by atoms with van der Waals surface area (Å²) in [7, 11) is 2.96. The number of benzene rings is 2. The van der Waals surface area contributed by atoms with Gasteiger partial charge in [-0.3, -0.25) is 4.79 Å². The molecule has 0 spiro atoms. The van der Waals surface area contributed by atoms with Gasteiger partial charge >= 0.3 is 0 Å². The van der Waals surface area contributed by atoms with E-state index in [9.17, 15) is 4.79 Å². The lowest BCUT2D eigenvalue weighted by Gasteiger charge is -2.12. The maximum atomic E-state index is 12.3. The lowest BCUT2D eigenvalue weighted by Crippen LogP contribution is -2.28. The number of amides is 1. The van der Waals surface area contributed by atoms with Crippen molar-refractivity contribution in [1.82, 2.24) is 5.32 Å². The average molecular weight is 380 g/mol. The zero-order valence-electron chi connectivity index (χ0n) is 14.3. The predicted octanol–water partition coefficient (Wildman–Crippen LogP) is 2.89. The lowest BCUT2D eigenvalue weighted by molar-refractivity contribution is 0.0946. The van der Waals surface area contributed by atoms with E-state index in [1.165, 1.54) is 20.3 Å². The quantitative estimate of drug-likeness (QED) is 0.745. The fourth-order valence-corrected chi connectivity index (χ4v) is 2.74. The maximum Gasteiger partial charge on any atom is 0.251 e. The molecule has 1 heterocycles. The molecule has 1 amide bonds. The zero-order valence-corrected chi connectivity index (χ0v) is 15.1. The van der Waals surface area contributed by atoms with Gasteiger partial charge < -0.3 is 29.0 Å². The zero-order chi connectivity index (χ0) is 18.5. The van der Waals surface area contributed by atoms with Crippen LogP contribution in [-0.2, 0) is 0 Å². The summed E-state index contributed by atoms with van der Waals surface area (Å²) in [6.07, 6.45) is 0. The standard InChI is InChI=1S/C18H18ClNO6/c1-22-16-8-11(7-13(19)17(16)23-2)18(21)20-5-6-24-12-3-4-14-15(9-12)26-10-25-14/h3-4,7-9H,5-6,10H2,1-2H3,(H,20,21). The molecule has 8 heteroatoms. The van der Waals surface area contributed by atoms with E-state index in [1.54, 1.807) is 24.3 Å². The molecule has 0 unspecified atom stereocenters. The Morgan fingerprint density at radius 3 is 2.73 bits per heavy atom. The Morgan fingerprint density at radius 1 is 1.15 bits per heavy atom. The van der Waals surface area contributed by atoms with Crippen LogP contribution in [0.3, 0.4) is 0 Å². The van der Waals surface area contributed by atoms with Crippen LogP contribution in [-0.4, -0.2) is 40.1 Å².